The van der Waals surface area contributed by atoms with E-state index < -0.39 is 10.8 Å². The summed E-state index contributed by atoms with van der Waals surface area (Å²) in [6.45, 7) is 1.51. The molecular formula is C15H16N2O4S. The Morgan fingerprint density at radius 2 is 2.05 bits per heavy atom. The number of carbonyl (C=O) groups excluding carboxylic acids is 2. The molecule has 0 saturated carbocycles. The van der Waals surface area contributed by atoms with Crippen LogP contribution in [0.4, 0.5) is 5.69 Å². The maximum absolute atomic E-state index is 11.8. The maximum Gasteiger partial charge on any atom is 0.255 e. The number of carbonyl (C=O) groups is 2. The van der Waals surface area contributed by atoms with Crippen molar-refractivity contribution < 1.29 is 18.2 Å². The van der Waals surface area contributed by atoms with Gasteiger partial charge in [-0.1, -0.05) is 6.07 Å². The number of nitrogens with one attached hydrogen (secondary N) is 2. The van der Waals surface area contributed by atoms with Crippen LogP contribution < -0.4 is 10.6 Å². The Hall–Kier alpha value is -2.41. The molecular weight excluding hydrogens is 304 g/mol. The smallest absolute Gasteiger partial charge is 0.255 e. The lowest BCUT2D eigenvalue weighted by atomic mass is 10.2. The number of anilines is 1. The summed E-state index contributed by atoms with van der Waals surface area (Å²) in [5.74, 6) is -0.241. The summed E-state index contributed by atoms with van der Waals surface area (Å²) in [7, 11) is -1.12. The first-order valence-electron chi connectivity index (χ1n) is 6.53. The molecule has 7 heteroatoms. The number of furan rings is 1. The monoisotopic (exact) mass is 320 g/mol. The molecule has 2 N–H and O–H groups in total. The van der Waals surface area contributed by atoms with E-state index in [-0.39, 0.29) is 18.4 Å². The predicted octanol–water partition coefficient (Wildman–Crippen LogP) is 1.69. The summed E-state index contributed by atoms with van der Waals surface area (Å²) in [6, 6.07) is 8.30. The van der Waals surface area contributed by atoms with E-state index in [4.69, 9.17) is 4.42 Å². The van der Waals surface area contributed by atoms with Gasteiger partial charge in [-0.2, -0.15) is 0 Å². The van der Waals surface area contributed by atoms with E-state index in [1.165, 1.54) is 6.26 Å². The van der Waals surface area contributed by atoms with Gasteiger partial charge >= 0.3 is 0 Å². The SMILES string of the molecule is Cc1occc1C(=O)NCC(=O)Nc1cccc(S(C)=O)c1. The van der Waals surface area contributed by atoms with Crippen molar-refractivity contribution in [2.45, 2.75) is 11.8 Å². The van der Waals surface area contributed by atoms with Crippen LogP contribution in [0.2, 0.25) is 0 Å². The molecule has 1 aromatic carbocycles. The Morgan fingerprint density at radius 1 is 1.27 bits per heavy atom. The van der Waals surface area contributed by atoms with E-state index >= 15 is 0 Å². The van der Waals surface area contributed by atoms with Crippen molar-refractivity contribution >= 4 is 28.3 Å². The molecule has 1 atom stereocenters. The van der Waals surface area contributed by atoms with Crippen LogP contribution in [-0.2, 0) is 15.6 Å². The van der Waals surface area contributed by atoms with Crippen LogP contribution in [0.3, 0.4) is 0 Å². The number of hydrogen-bond acceptors (Lipinski definition) is 4. The van der Waals surface area contributed by atoms with Gasteiger partial charge in [0.15, 0.2) is 0 Å². The second-order valence-corrected chi connectivity index (χ2v) is 5.98. The topological polar surface area (TPSA) is 88.4 Å². The first-order valence-corrected chi connectivity index (χ1v) is 8.09. The number of benzene rings is 1. The largest absolute Gasteiger partial charge is 0.469 e. The molecule has 1 unspecified atom stereocenters. The van der Waals surface area contributed by atoms with Crippen molar-refractivity contribution in [3.8, 4) is 0 Å². The van der Waals surface area contributed by atoms with Gasteiger partial charge in [0.05, 0.1) is 18.4 Å². The van der Waals surface area contributed by atoms with Crippen molar-refractivity contribution in [2.24, 2.45) is 0 Å². The van der Waals surface area contributed by atoms with Crippen LogP contribution in [0.5, 0.6) is 0 Å². The molecule has 0 saturated heterocycles. The number of amides is 2. The van der Waals surface area contributed by atoms with Crippen molar-refractivity contribution in [1.29, 1.82) is 0 Å². The van der Waals surface area contributed by atoms with Crippen LogP contribution in [0.1, 0.15) is 16.1 Å². The molecule has 2 aromatic rings. The van der Waals surface area contributed by atoms with E-state index in [9.17, 15) is 13.8 Å². The highest BCUT2D eigenvalue weighted by Crippen LogP contribution is 2.13. The van der Waals surface area contributed by atoms with Gasteiger partial charge in [-0.3, -0.25) is 13.8 Å². The zero-order valence-corrected chi connectivity index (χ0v) is 13.0. The summed E-state index contributed by atoms with van der Waals surface area (Å²) >= 11 is 0. The molecule has 0 radical (unpaired) electrons. The molecule has 0 aliphatic heterocycles. The van der Waals surface area contributed by atoms with Crippen molar-refractivity contribution in [2.75, 3.05) is 18.1 Å². The van der Waals surface area contributed by atoms with E-state index in [1.807, 2.05) is 0 Å². The van der Waals surface area contributed by atoms with Crippen LogP contribution in [-0.4, -0.2) is 28.8 Å². The molecule has 0 aliphatic carbocycles. The predicted molar refractivity (Wildman–Crippen MR) is 83.2 cm³/mol. The fraction of sp³-hybridized carbons (Fsp3) is 0.200. The third-order valence-electron chi connectivity index (χ3n) is 2.96. The van der Waals surface area contributed by atoms with Crippen molar-refractivity contribution in [3.05, 3.63) is 47.9 Å². The summed E-state index contributed by atoms with van der Waals surface area (Å²) in [6.07, 6.45) is 2.98. The average Bonchev–Trinajstić information content (AvgIpc) is 2.91. The molecule has 2 rings (SSSR count). The number of aryl methyl sites for hydroxylation is 1. The lowest BCUT2D eigenvalue weighted by molar-refractivity contribution is -0.115. The second-order valence-electron chi connectivity index (χ2n) is 4.60. The van der Waals surface area contributed by atoms with Crippen molar-refractivity contribution in [3.63, 3.8) is 0 Å². The Bertz CT molecular complexity index is 724. The first kappa shape index (κ1) is 16.0. The molecule has 0 aliphatic rings. The minimum absolute atomic E-state index is 0.164. The molecule has 0 spiro atoms. The standard InChI is InChI=1S/C15H16N2O4S/c1-10-13(6-7-21-10)15(19)16-9-14(18)17-11-4-3-5-12(8-11)22(2)20/h3-8H,9H2,1-2H3,(H,16,19)(H,17,18). The maximum atomic E-state index is 11.8. The molecule has 0 bridgehead atoms. The fourth-order valence-corrected chi connectivity index (χ4v) is 2.40. The Labute approximate surface area is 130 Å². The Kier molecular flexibility index (Phi) is 5.11. The lowest BCUT2D eigenvalue weighted by Crippen LogP contribution is -2.32. The normalized spacial score (nSPS) is 11.7. The zero-order valence-electron chi connectivity index (χ0n) is 12.2. The quantitative estimate of drug-likeness (QED) is 0.877. The zero-order chi connectivity index (χ0) is 16.1. The minimum atomic E-state index is -1.12. The summed E-state index contributed by atoms with van der Waals surface area (Å²) in [4.78, 5) is 24.3. The van der Waals surface area contributed by atoms with Crippen molar-refractivity contribution in [1.82, 2.24) is 5.32 Å². The van der Waals surface area contributed by atoms with Crippen LogP contribution in [0.25, 0.3) is 0 Å². The molecule has 1 aromatic heterocycles. The summed E-state index contributed by atoms with van der Waals surface area (Å²) in [5, 5.41) is 5.15. The van der Waals surface area contributed by atoms with Gasteiger partial charge < -0.3 is 15.1 Å². The first-order chi connectivity index (χ1) is 10.5. The second kappa shape index (κ2) is 7.04. The number of rotatable bonds is 5. The lowest BCUT2D eigenvalue weighted by Gasteiger charge is -2.07. The highest BCUT2D eigenvalue weighted by Gasteiger charge is 2.12. The fourth-order valence-electron chi connectivity index (χ4n) is 1.83. The molecule has 2 amide bonds. The van der Waals surface area contributed by atoms with Gasteiger partial charge in [-0.25, -0.2) is 0 Å². The summed E-state index contributed by atoms with van der Waals surface area (Å²) < 4.78 is 16.4. The van der Waals surface area contributed by atoms with Crippen LogP contribution in [0, 0.1) is 6.92 Å². The van der Waals surface area contributed by atoms with E-state index in [2.05, 4.69) is 10.6 Å². The molecule has 6 nitrogen and oxygen atoms in total. The van der Waals surface area contributed by atoms with Crippen LogP contribution in [0.15, 0.2) is 45.9 Å². The Morgan fingerprint density at radius 3 is 2.68 bits per heavy atom. The van der Waals surface area contributed by atoms with E-state index in [0.717, 1.165) is 0 Å². The van der Waals surface area contributed by atoms with Gasteiger partial charge in [0.2, 0.25) is 5.91 Å². The van der Waals surface area contributed by atoms with Crippen LogP contribution >= 0.6 is 0 Å². The van der Waals surface area contributed by atoms with E-state index in [0.29, 0.717) is 21.9 Å². The highest BCUT2D eigenvalue weighted by atomic mass is 32.2. The molecule has 1 heterocycles. The third kappa shape index (κ3) is 4.05. The van der Waals surface area contributed by atoms with Gasteiger partial charge in [-0.05, 0) is 31.2 Å². The van der Waals surface area contributed by atoms with Gasteiger partial charge in [-0.15, -0.1) is 0 Å². The summed E-state index contributed by atoms with van der Waals surface area (Å²) in [5.41, 5.74) is 0.933. The molecule has 116 valence electrons. The molecule has 22 heavy (non-hydrogen) atoms. The average molecular weight is 320 g/mol. The Balaban J connectivity index is 1.91. The van der Waals surface area contributed by atoms with Gasteiger partial charge in [0.25, 0.3) is 5.91 Å². The highest BCUT2D eigenvalue weighted by molar-refractivity contribution is 7.84. The van der Waals surface area contributed by atoms with E-state index in [1.54, 1.807) is 43.5 Å². The van der Waals surface area contributed by atoms with Gasteiger partial charge in [0, 0.05) is 27.6 Å². The third-order valence-corrected chi connectivity index (χ3v) is 3.88. The number of hydrogen-bond donors (Lipinski definition) is 2. The molecule has 0 fully saturated rings. The minimum Gasteiger partial charge on any atom is -0.469 e. The van der Waals surface area contributed by atoms with Gasteiger partial charge in [0.1, 0.15) is 5.76 Å².